The van der Waals surface area contributed by atoms with E-state index < -0.39 is 42.5 Å². The van der Waals surface area contributed by atoms with E-state index in [4.69, 9.17) is 4.55 Å². The van der Waals surface area contributed by atoms with Crippen LogP contribution < -0.4 is 4.72 Å². The van der Waals surface area contributed by atoms with Gasteiger partial charge in [-0.2, -0.15) is 0 Å². The van der Waals surface area contributed by atoms with Crippen LogP contribution in [0.5, 0.6) is 0 Å². The van der Waals surface area contributed by atoms with Crippen molar-refractivity contribution in [1.82, 2.24) is 4.72 Å². The molecule has 108 valence electrons. The van der Waals surface area contributed by atoms with E-state index in [-0.39, 0.29) is 12.2 Å². The summed E-state index contributed by atoms with van der Waals surface area (Å²) in [6.07, 6.45) is -5.64. The third-order valence-electron chi connectivity index (χ3n) is 2.69. The zero-order valence-electron chi connectivity index (χ0n) is 9.69. The standard InChI is InChI=1S/C11H13F4NO2S/c12-6-7(17)5-11(10(14)15,16-19-18)8-3-1-2-4-9(8)13/h1-4,7,10,16-18H,5-6H2/t7-,11+/m1/s1. The molecule has 0 fully saturated rings. The highest BCUT2D eigenvalue weighted by Crippen LogP contribution is 2.36. The van der Waals surface area contributed by atoms with Gasteiger partial charge >= 0.3 is 0 Å². The molecular weight excluding hydrogens is 286 g/mol. The Kier molecular flexibility index (Phi) is 6.05. The van der Waals surface area contributed by atoms with E-state index >= 15 is 0 Å². The Morgan fingerprint density at radius 3 is 2.42 bits per heavy atom. The first kappa shape index (κ1) is 16.2. The lowest BCUT2D eigenvalue weighted by Crippen LogP contribution is -2.48. The van der Waals surface area contributed by atoms with E-state index in [0.717, 1.165) is 12.1 Å². The smallest absolute Gasteiger partial charge is 0.261 e. The van der Waals surface area contributed by atoms with Crippen molar-refractivity contribution in [2.45, 2.75) is 24.5 Å². The number of alkyl halides is 3. The summed E-state index contributed by atoms with van der Waals surface area (Å²) in [5.41, 5.74) is -2.82. The molecule has 0 aromatic heterocycles. The van der Waals surface area contributed by atoms with Crippen LogP contribution in [0, 0.1) is 5.82 Å². The SMILES string of the molecule is OSN[C@@](C[C@@H](O)CF)(c1ccccc1F)C(F)F. The van der Waals surface area contributed by atoms with Crippen molar-refractivity contribution in [3.05, 3.63) is 35.6 Å². The first-order chi connectivity index (χ1) is 8.97. The monoisotopic (exact) mass is 299 g/mol. The highest BCUT2D eigenvalue weighted by Gasteiger charge is 2.45. The average Bonchev–Trinajstić information content (AvgIpc) is 2.38. The zero-order chi connectivity index (χ0) is 14.5. The maximum Gasteiger partial charge on any atom is 0.261 e. The molecule has 3 nitrogen and oxygen atoms in total. The maximum absolute atomic E-state index is 13.7. The fourth-order valence-electron chi connectivity index (χ4n) is 1.79. The zero-order valence-corrected chi connectivity index (χ0v) is 10.5. The van der Waals surface area contributed by atoms with Gasteiger partial charge in [0.15, 0.2) is 0 Å². The van der Waals surface area contributed by atoms with E-state index in [1.807, 2.05) is 4.72 Å². The van der Waals surface area contributed by atoms with Gasteiger partial charge in [0.25, 0.3) is 6.43 Å². The van der Waals surface area contributed by atoms with Crippen LogP contribution >= 0.6 is 12.2 Å². The van der Waals surface area contributed by atoms with E-state index in [1.54, 1.807) is 0 Å². The quantitative estimate of drug-likeness (QED) is 0.412. The van der Waals surface area contributed by atoms with E-state index in [0.29, 0.717) is 0 Å². The van der Waals surface area contributed by atoms with Crippen molar-refractivity contribution in [1.29, 1.82) is 0 Å². The van der Waals surface area contributed by atoms with Crippen LogP contribution in [0.1, 0.15) is 12.0 Å². The Bertz CT molecular complexity index is 410. The highest BCUT2D eigenvalue weighted by atomic mass is 32.2. The number of hydrogen-bond acceptors (Lipinski definition) is 4. The Hall–Kier alpha value is -0.830. The molecule has 1 aromatic carbocycles. The van der Waals surface area contributed by atoms with Crippen molar-refractivity contribution in [2.24, 2.45) is 0 Å². The van der Waals surface area contributed by atoms with Gasteiger partial charge in [-0.25, -0.2) is 22.3 Å². The second-order valence-electron chi connectivity index (χ2n) is 3.96. The van der Waals surface area contributed by atoms with Crippen molar-refractivity contribution in [3.63, 3.8) is 0 Å². The van der Waals surface area contributed by atoms with E-state index in [9.17, 15) is 22.7 Å². The molecule has 0 spiro atoms. The lowest BCUT2D eigenvalue weighted by Gasteiger charge is -2.34. The lowest BCUT2D eigenvalue weighted by atomic mass is 9.85. The summed E-state index contributed by atoms with van der Waals surface area (Å²) < 4.78 is 63.4. The molecule has 0 aliphatic carbocycles. The number of benzene rings is 1. The fraction of sp³-hybridized carbons (Fsp3) is 0.455. The molecule has 0 unspecified atom stereocenters. The highest BCUT2D eigenvalue weighted by molar-refractivity contribution is 7.91. The minimum Gasteiger partial charge on any atom is -0.390 e. The number of nitrogens with one attached hydrogen (secondary N) is 1. The van der Waals surface area contributed by atoms with Crippen LogP contribution in [0.25, 0.3) is 0 Å². The Morgan fingerprint density at radius 1 is 1.32 bits per heavy atom. The summed E-state index contributed by atoms with van der Waals surface area (Å²) in [6.45, 7) is -1.25. The molecule has 1 rings (SSSR count). The normalized spacial score (nSPS) is 16.4. The van der Waals surface area contributed by atoms with E-state index in [1.165, 1.54) is 12.1 Å². The molecule has 0 saturated heterocycles. The average molecular weight is 299 g/mol. The number of aliphatic hydroxyl groups is 1. The van der Waals surface area contributed by atoms with Crippen LogP contribution in [-0.4, -0.2) is 28.9 Å². The molecule has 0 radical (unpaired) electrons. The summed E-state index contributed by atoms with van der Waals surface area (Å²) in [4.78, 5) is 0. The van der Waals surface area contributed by atoms with Crippen molar-refractivity contribution in [3.8, 4) is 0 Å². The maximum atomic E-state index is 13.7. The third-order valence-corrected chi connectivity index (χ3v) is 3.15. The van der Waals surface area contributed by atoms with Crippen LogP contribution in [0.3, 0.4) is 0 Å². The van der Waals surface area contributed by atoms with E-state index in [2.05, 4.69) is 0 Å². The fourth-order valence-corrected chi connectivity index (χ4v) is 2.23. The molecule has 0 heterocycles. The van der Waals surface area contributed by atoms with Gasteiger partial charge in [0.05, 0.1) is 18.3 Å². The first-order valence-electron chi connectivity index (χ1n) is 5.32. The number of rotatable bonds is 7. The van der Waals surface area contributed by atoms with Gasteiger partial charge in [-0.1, -0.05) is 18.2 Å². The van der Waals surface area contributed by atoms with Gasteiger partial charge in [-0.05, 0) is 6.07 Å². The molecular formula is C11H13F4NO2S. The molecule has 1 aromatic rings. The lowest BCUT2D eigenvalue weighted by molar-refractivity contribution is -0.000806. The molecule has 19 heavy (non-hydrogen) atoms. The minimum atomic E-state index is -3.16. The largest absolute Gasteiger partial charge is 0.390 e. The Morgan fingerprint density at radius 2 is 1.95 bits per heavy atom. The summed E-state index contributed by atoms with van der Waals surface area (Å²) in [5, 5.41) is 9.26. The number of aliphatic hydroxyl groups excluding tert-OH is 1. The Balaban J connectivity index is 3.27. The molecule has 2 atom stereocenters. The summed E-state index contributed by atoms with van der Waals surface area (Å²) in [5.74, 6) is -0.935. The van der Waals surface area contributed by atoms with Gasteiger partial charge in [-0.3, -0.25) is 0 Å². The van der Waals surface area contributed by atoms with Crippen molar-refractivity contribution in [2.75, 3.05) is 6.67 Å². The van der Waals surface area contributed by atoms with Crippen molar-refractivity contribution >= 4 is 12.2 Å². The molecule has 0 bridgehead atoms. The second kappa shape index (κ2) is 7.09. The van der Waals surface area contributed by atoms with Crippen LogP contribution in [-0.2, 0) is 5.54 Å². The van der Waals surface area contributed by atoms with Gasteiger partial charge < -0.3 is 9.66 Å². The third kappa shape index (κ3) is 3.59. The number of halogens is 4. The van der Waals surface area contributed by atoms with Gasteiger partial charge in [0.1, 0.15) is 18.0 Å². The Labute approximate surface area is 112 Å². The molecule has 8 heteroatoms. The summed E-state index contributed by atoms with van der Waals surface area (Å²) in [7, 11) is 0. The minimum absolute atomic E-state index is 0.137. The van der Waals surface area contributed by atoms with Gasteiger partial charge in [0.2, 0.25) is 0 Å². The summed E-state index contributed by atoms with van der Waals surface area (Å²) >= 11 is -0.137. The van der Waals surface area contributed by atoms with Crippen LogP contribution in [0.2, 0.25) is 0 Å². The molecule has 0 amide bonds. The molecule has 0 saturated carbocycles. The molecule has 3 N–H and O–H groups in total. The number of hydrogen-bond donors (Lipinski definition) is 3. The van der Waals surface area contributed by atoms with Gasteiger partial charge in [-0.15, -0.1) is 0 Å². The predicted octanol–water partition coefficient (Wildman–Crippen LogP) is 2.72. The van der Waals surface area contributed by atoms with Gasteiger partial charge in [0, 0.05) is 12.0 Å². The first-order valence-corrected chi connectivity index (χ1v) is 6.10. The topological polar surface area (TPSA) is 52.5 Å². The molecule has 0 aliphatic rings. The van der Waals surface area contributed by atoms with Crippen LogP contribution in [0.4, 0.5) is 17.6 Å². The molecule has 0 aliphatic heterocycles. The predicted molar refractivity (Wildman–Crippen MR) is 64.0 cm³/mol. The summed E-state index contributed by atoms with van der Waals surface area (Å²) in [6, 6.07) is 4.71. The second-order valence-corrected chi connectivity index (χ2v) is 4.34. The van der Waals surface area contributed by atoms with Crippen molar-refractivity contribution < 1.29 is 27.2 Å². The van der Waals surface area contributed by atoms with Crippen LogP contribution in [0.15, 0.2) is 24.3 Å².